The largest absolute Gasteiger partial charge is 0.383 e. The second kappa shape index (κ2) is 9.01. The first kappa shape index (κ1) is 17.9. The number of aliphatic hydroxyl groups is 1. The number of carbonyl (C=O) groups excluding carboxylic acids is 1. The number of hydrogen-bond acceptors (Lipinski definition) is 4. The van der Waals surface area contributed by atoms with Crippen LogP contribution in [0.5, 0.6) is 0 Å². The first-order valence-electron chi connectivity index (χ1n) is 8.45. The third-order valence-electron chi connectivity index (χ3n) is 4.37. The van der Waals surface area contributed by atoms with Crippen LogP contribution in [-0.4, -0.2) is 73.2 Å². The predicted octanol–water partition coefficient (Wildman–Crippen LogP) is 0.590. The van der Waals surface area contributed by atoms with Crippen molar-refractivity contribution in [2.45, 2.75) is 19.4 Å². The number of benzene rings is 1. The highest BCUT2D eigenvalue weighted by molar-refractivity contribution is 5.80. The second-order valence-corrected chi connectivity index (χ2v) is 6.66. The van der Waals surface area contributed by atoms with E-state index in [4.69, 9.17) is 0 Å². The zero-order chi connectivity index (χ0) is 16.7. The van der Waals surface area contributed by atoms with Crippen molar-refractivity contribution in [2.24, 2.45) is 5.92 Å². The first-order chi connectivity index (χ1) is 11.0. The number of rotatable bonds is 7. The topological polar surface area (TPSA) is 55.8 Å². The number of hydrogen-bond donors (Lipinski definition) is 2. The van der Waals surface area contributed by atoms with Gasteiger partial charge in [0.2, 0.25) is 5.91 Å². The Hall–Kier alpha value is -1.43. The van der Waals surface area contributed by atoms with Crippen LogP contribution in [0.4, 0.5) is 0 Å². The average Bonchev–Trinajstić information content (AvgIpc) is 2.55. The van der Waals surface area contributed by atoms with Crippen molar-refractivity contribution in [3.05, 3.63) is 35.9 Å². The van der Waals surface area contributed by atoms with Gasteiger partial charge in [-0.1, -0.05) is 37.3 Å². The molecule has 1 aliphatic rings. The molecule has 0 saturated carbocycles. The van der Waals surface area contributed by atoms with Gasteiger partial charge in [0, 0.05) is 45.7 Å². The quantitative estimate of drug-likeness (QED) is 0.772. The number of carbonyl (C=O) groups is 1. The van der Waals surface area contributed by atoms with Crippen LogP contribution in [0.25, 0.3) is 0 Å². The van der Waals surface area contributed by atoms with Crippen molar-refractivity contribution >= 4 is 5.91 Å². The minimum atomic E-state index is -0.978. The van der Waals surface area contributed by atoms with Crippen molar-refractivity contribution in [1.29, 1.82) is 0 Å². The molecule has 1 heterocycles. The fraction of sp³-hybridized carbons (Fsp3) is 0.611. The fourth-order valence-corrected chi connectivity index (χ4v) is 2.86. The van der Waals surface area contributed by atoms with Crippen molar-refractivity contribution in [2.75, 3.05) is 46.3 Å². The number of piperazine rings is 1. The van der Waals surface area contributed by atoms with Gasteiger partial charge in [-0.3, -0.25) is 4.79 Å². The maximum Gasteiger partial charge on any atom is 0.249 e. The van der Waals surface area contributed by atoms with Crippen LogP contribution in [0.15, 0.2) is 30.3 Å². The molecule has 5 heteroatoms. The number of amides is 1. The third-order valence-corrected chi connectivity index (χ3v) is 4.37. The molecule has 1 saturated heterocycles. The third kappa shape index (κ3) is 6.29. The smallest absolute Gasteiger partial charge is 0.249 e. The van der Waals surface area contributed by atoms with E-state index in [0.29, 0.717) is 18.9 Å². The summed E-state index contributed by atoms with van der Waals surface area (Å²) in [5, 5.41) is 12.9. The molecule has 0 bridgehead atoms. The maximum atomic E-state index is 12.0. The van der Waals surface area contributed by atoms with E-state index in [-0.39, 0.29) is 5.91 Å². The normalized spacial score (nSPS) is 19.3. The molecule has 0 radical (unpaired) electrons. The molecule has 2 rings (SSSR count). The van der Waals surface area contributed by atoms with Crippen LogP contribution in [-0.2, 0) is 11.2 Å². The molecule has 0 aromatic heterocycles. The molecule has 0 aliphatic carbocycles. The van der Waals surface area contributed by atoms with Gasteiger partial charge in [0.1, 0.15) is 6.10 Å². The highest BCUT2D eigenvalue weighted by Gasteiger charge is 2.19. The number of likely N-dealkylation sites (N-methyl/N-ethyl adjacent to an activating group) is 1. The lowest BCUT2D eigenvalue weighted by Gasteiger charge is -2.34. The Labute approximate surface area is 139 Å². The molecule has 2 atom stereocenters. The van der Waals surface area contributed by atoms with Gasteiger partial charge in [0.05, 0.1) is 0 Å². The molecule has 1 amide bonds. The summed E-state index contributed by atoms with van der Waals surface area (Å²) in [5.74, 6) is 0.102. The number of nitrogens with one attached hydrogen (secondary N) is 1. The Kier molecular flexibility index (Phi) is 7.02. The molecule has 2 N–H and O–H groups in total. The SMILES string of the molecule is C[C@H](CNC(=O)[C@@H](O)Cc1ccccc1)CN1CCN(C)CC1. The van der Waals surface area contributed by atoms with Crippen LogP contribution >= 0.6 is 0 Å². The summed E-state index contributed by atoms with van der Waals surface area (Å²) < 4.78 is 0. The summed E-state index contributed by atoms with van der Waals surface area (Å²) in [6, 6.07) is 9.60. The highest BCUT2D eigenvalue weighted by atomic mass is 16.3. The Bertz CT molecular complexity index is 472. The lowest BCUT2D eigenvalue weighted by Crippen LogP contribution is -2.47. The van der Waals surface area contributed by atoms with Gasteiger partial charge >= 0.3 is 0 Å². The molecule has 128 valence electrons. The molecule has 1 fully saturated rings. The maximum absolute atomic E-state index is 12.0. The van der Waals surface area contributed by atoms with Crippen molar-refractivity contribution < 1.29 is 9.90 Å². The molecule has 1 aromatic carbocycles. The van der Waals surface area contributed by atoms with Crippen LogP contribution in [0.1, 0.15) is 12.5 Å². The summed E-state index contributed by atoms with van der Waals surface area (Å²) in [4.78, 5) is 16.8. The van der Waals surface area contributed by atoms with E-state index in [1.165, 1.54) is 0 Å². The highest BCUT2D eigenvalue weighted by Crippen LogP contribution is 2.05. The summed E-state index contributed by atoms with van der Waals surface area (Å²) in [6.45, 7) is 8.13. The lowest BCUT2D eigenvalue weighted by molar-refractivity contribution is -0.129. The van der Waals surface area contributed by atoms with E-state index >= 15 is 0 Å². The van der Waals surface area contributed by atoms with Crippen molar-refractivity contribution in [3.63, 3.8) is 0 Å². The minimum Gasteiger partial charge on any atom is -0.383 e. The van der Waals surface area contributed by atoms with Gasteiger partial charge in [0.25, 0.3) is 0 Å². The summed E-state index contributed by atoms with van der Waals surface area (Å²) in [6.07, 6.45) is -0.618. The van der Waals surface area contributed by atoms with E-state index < -0.39 is 6.10 Å². The van der Waals surface area contributed by atoms with Gasteiger partial charge in [-0.2, -0.15) is 0 Å². The van der Waals surface area contributed by atoms with Crippen LogP contribution in [0.2, 0.25) is 0 Å². The fourth-order valence-electron chi connectivity index (χ4n) is 2.86. The summed E-state index contributed by atoms with van der Waals surface area (Å²) >= 11 is 0. The molecule has 23 heavy (non-hydrogen) atoms. The summed E-state index contributed by atoms with van der Waals surface area (Å²) in [7, 11) is 2.15. The van der Waals surface area contributed by atoms with Crippen molar-refractivity contribution in [1.82, 2.24) is 15.1 Å². The molecule has 5 nitrogen and oxygen atoms in total. The van der Waals surface area contributed by atoms with E-state index in [9.17, 15) is 9.90 Å². The van der Waals surface area contributed by atoms with Crippen LogP contribution in [0, 0.1) is 5.92 Å². The first-order valence-corrected chi connectivity index (χ1v) is 8.45. The Morgan fingerprint density at radius 2 is 1.87 bits per heavy atom. The van der Waals surface area contributed by atoms with Gasteiger partial charge in [-0.05, 0) is 18.5 Å². The van der Waals surface area contributed by atoms with Gasteiger partial charge in [0.15, 0.2) is 0 Å². The van der Waals surface area contributed by atoms with E-state index in [1.54, 1.807) is 0 Å². The van der Waals surface area contributed by atoms with E-state index in [0.717, 1.165) is 38.3 Å². The number of nitrogens with zero attached hydrogens (tertiary/aromatic N) is 2. The standard InChI is InChI=1S/C18H29N3O2/c1-15(14-21-10-8-20(2)9-11-21)13-19-18(23)17(22)12-16-6-4-3-5-7-16/h3-7,15,17,22H,8-14H2,1-2H3,(H,19,23)/t15-,17+/m1/s1. The van der Waals surface area contributed by atoms with Gasteiger partial charge in [-0.15, -0.1) is 0 Å². The van der Waals surface area contributed by atoms with Crippen molar-refractivity contribution in [3.8, 4) is 0 Å². The molecule has 1 aliphatic heterocycles. The monoisotopic (exact) mass is 319 g/mol. The van der Waals surface area contributed by atoms with Crippen LogP contribution < -0.4 is 5.32 Å². The Balaban J connectivity index is 1.66. The van der Waals surface area contributed by atoms with Crippen LogP contribution in [0.3, 0.4) is 0 Å². The minimum absolute atomic E-state index is 0.279. The zero-order valence-electron chi connectivity index (χ0n) is 14.2. The molecule has 1 aromatic rings. The molecular weight excluding hydrogens is 290 g/mol. The summed E-state index contributed by atoms with van der Waals surface area (Å²) in [5.41, 5.74) is 0.973. The zero-order valence-corrected chi connectivity index (χ0v) is 14.2. The molecule has 0 unspecified atom stereocenters. The second-order valence-electron chi connectivity index (χ2n) is 6.66. The number of aliphatic hydroxyl groups excluding tert-OH is 1. The molecule has 0 spiro atoms. The Morgan fingerprint density at radius 3 is 2.52 bits per heavy atom. The lowest BCUT2D eigenvalue weighted by atomic mass is 10.1. The average molecular weight is 319 g/mol. The van der Waals surface area contributed by atoms with Gasteiger partial charge in [-0.25, -0.2) is 0 Å². The van der Waals surface area contributed by atoms with E-state index in [2.05, 4.69) is 29.1 Å². The van der Waals surface area contributed by atoms with E-state index in [1.807, 2.05) is 30.3 Å². The van der Waals surface area contributed by atoms with Gasteiger partial charge < -0.3 is 20.2 Å². The Morgan fingerprint density at radius 1 is 1.22 bits per heavy atom. The molecular formula is C18H29N3O2. The predicted molar refractivity (Wildman–Crippen MR) is 92.3 cm³/mol.